The number of nitrogens with zero attached hydrogens (tertiary/aromatic N) is 1. The van der Waals surface area contributed by atoms with E-state index in [1.807, 2.05) is 0 Å². The third kappa shape index (κ3) is 2.57. The molecule has 1 heterocycles. The molecular weight excluding hydrogens is 356 g/mol. The Hall–Kier alpha value is -2.35. The summed E-state index contributed by atoms with van der Waals surface area (Å²) in [7, 11) is 1.47. The fourth-order valence-corrected chi connectivity index (χ4v) is 2.61. The van der Waals surface area contributed by atoms with E-state index in [0.717, 1.165) is 0 Å². The van der Waals surface area contributed by atoms with E-state index in [1.54, 1.807) is 18.2 Å². The molecule has 0 bridgehead atoms. The van der Waals surface area contributed by atoms with Crippen LogP contribution in [0.3, 0.4) is 0 Å². The first-order chi connectivity index (χ1) is 10.3. The third-order valence-electron chi connectivity index (χ3n) is 3.29. The van der Waals surface area contributed by atoms with Gasteiger partial charge in [0.05, 0.1) is 10.9 Å². The van der Waals surface area contributed by atoms with Gasteiger partial charge in [-0.25, -0.2) is 0 Å². The average molecular weight is 369 g/mol. The largest absolute Gasteiger partial charge is 0.506 e. The molecule has 0 aliphatic heterocycles. The Morgan fingerprint density at radius 3 is 2.59 bits per heavy atom. The predicted molar refractivity (Wildman–Crippen MR) is 83.1 cm³/mol. The second-order valence-corrected chi connectivity index (χ2v) is 5.61. The van der Waals surface area contributed by atoms with Crippen LogP contribution in [0.5, 0.6) is 5.75 Å². The van der Waals surface area contributed by atoms with E-state index in [2.05, 4.69) is 21.2 Å². The lowest BCUT2D eigenvalue weighted by atomic mass is 10.1. The number of pyridine rings is 1. The van der Waals surface area contributed by atoms with Crippen LogP contribution in [0.1, 0.15) is 17.3 Å². The fourth-order valence-electron chi connectivity index (χ4n) is 2.07. The Morgan fingerprint density at radius 1 is 1.36 bits per heavy atom. The maximum Gasteiger partial charge on any atom is 0.325 e. The van der Waals surface area contributed by atoms with Crippen molar-refractivity contribution in [2.75, 3.05) is 0 Å². The topological polar surface area (TPSA) is 109 Å². The normalized spacial score (nSPS) is 12.1. The number of benzene rings is 1. The van der Waals surface area contributed by atoms with Gasteiger partial charge in [0, 0.05) is 11.5 Å². The number of aromatic nitrogens is 1. The third-order valence-corrected chi connectivity index (χ3v) is 3.95. The van der Waals surface area contributed by atoms with E-state index >= 15 is 0 Å². The highest BCUT2D eigenvalue weighted by Crippen LogP contribution is 2.32. The zero-order valence-corrected chi connectivity index (χ0v) is 13.3. The molecule has 0 aliphatic rings. The molecule has 0 aliphatic carbocycles. The van der Waals surface area contributed by atoms with E-state index in [9.17, 15) is 19.5 Å². The number of fused-ring (bicyclic) bond motifs is 1. The number of nitrogens with one attached hydrogen (secondary N) is 1. The minimum Gasteiger partial charge on any atom is -0.506 e. The number of hydrogen-bond donors (Lipinski definition) is 3. The lowest BCUT2D eigenvalue weighted by molar-refractivity contribution is -0.138. The number of aromatic hydroxyl groups is 1. The number of carboxylic acid groups (broad SMARTS) is 1. The van der Waals surface area contributed by atoms with Gasteiger partial charge in [-0.05, 0) is 35.0 Å². The summed E-state index contributed by atoms with van der Waals surface area (Å²) in [5.41, 5.74) is -0.757. The Labute approximate surface area is 133 Å². The predicted octanol–water partition coefficient (Wildman–Crippen LogP) is 1.21. The molecule has 7 nitrogen and oxygen atoms in total. The molecule has 0 fully saturated rings. The van der Waals surface area contributed by atoms with Crippen molar-refractivity contribution >= 4 is 38.7 Å². The van der Waals surface area contributed by atoms with E-state index in [0.29, 0.717) is 15.4 Å². The van der Waals surface area contributed by atoms with Crippen molar-refractivity contribution in [1.82, 2.24) is 9.88 Å². The second kappa shape index (κ2) is 5.80. The molecule has 1 atom stereocenters. The summed E-state index contributed by atoms with van der Waals surface area (Å²) in [6, 6.07) is 3.79. The highest BCUT2D eigenvalue weighted by Gasteiger charge is 2.24. The van der Waals surface area contributed by atoms with Crippen molar-refractivity contribution in [2.24, 2.45) is 7.05 Å². The van der Waals surface area contributed by atoms with Crippen LogP contribution in [-0.4, -0.2) is 32.7 Å². The Bertz CT molecular complexity index is 843. The van der Waals surface area contributed by atoms with Gasteiger partial charge in [0.1, 0.15) is 17.4 Å². The van der Waals surface area contributed by atoms with Gasteiger partial charge >= 0.3 is 5.97 Å². The van der Waals surface area contributed by atoms with Crippen LogP contribution >= 0.6 is 15.9 Å². The summed E-state index contributed by atoms with van der Waals surface area (Å²) in [6.07, 6.45) is 0. The molecule has 22 heavy (non-hydrogen) atoms. The zero-order valence-electron chi connectivity index (χ0n) is 11.8. The molecule has 0 saturated heterocycles. The van der Waals surface area contributed by atoms with E-state index in [-0.39, 0.29) is 0 Å². The number of carboxylic acids is 1. The van der Waals surface area contributed by atoms with Crippen LogP contribution in [0.2, 0.25) is 0 Å². The molecule has 2 aromatic rings. The van der Waals surface area contributed by atoms with E-state index < -0.39 is 34.8 Å². The van der Waals surface area contributed by atoms with Gasteiger partial charge in [-0.15, -0.1) is 0 Å². The number of carbonyl (C=O) groups is 2. The number of aliphatic carboxylic acids is 1. The number of rotatable bonds is 3. The van der Waals surface area contributed by atoms with Crippen LogP contribution in [0, 0.1) is 0 Å². The molecule has 116 valence electrons. The molecular formula is C14H13BrN2O5. The molecule has 8 heteroatoms. The van der Waals surface area contributed by atoms with E-state index in [4.69, 9.17) is 5.11 Å². The molecule has 1 unspecified atom stereocenters. The molecule has 1 aromatic carbocycles. The maximum atomic E-state index is 12.3. The van der Waals surface area contributed by atoms with E-state index in [1.165, 1.54) is 18.5 Å². The first kappa shape index (κ1) is 16.0. The highest BCUT2D eigenvalue weighted by molar-refractivity contribution is 9.10. The van der Waals surface area contributed by atoms with Crippen molar-refractivity contribution in [3.05, 3.63) is 38.6 Å². The molecule has 0 spiro atoms. The molecule has 0 radical (unpaired) electrons. The van der Waals surface area contributed by atoms with Crippen LogP contribution in [0.4, 0.5) is 0 Å². The number of carbonyl (C=O) groups excluding carboxylic acids is 1. The van der Waals surface area contributed by atoms with Gasteiger partial charge in [-0.2, -0.15) is 0 Å². The lowest BCUT2D eigenvalue weighted by Crippen LogP contribution is -2.41. The summed E-state index contributed by atoms with van der Waals surface area (Å²) >= 11 is 3.26. The van der Waals surface area contributed by atoms with Gasteiger partial charge < -0.3 is 20.1 Å². The molecule has 0 saturated carbocycles. The molecule has 3 N–H and O–H groups in total. The lowest BCUT2D eigenvalue weighted by Gasteiger charge is -2.14. The minimum atomic E-state index is -1.24. The number of hydrogen-bond acceptors (Lipinski definition) is 4. The molecule has 1 aromatic heterocycles. The monoisotopic (exact) mass is 368 g/mol. The Balaban J connectivity index is 2.70. The number of halogens is 1. The van der Waals surface area contributed by atoms with Crippen LogP contribution in [0.25, 0.3) is 10.9 Å². The highest BCUT2D eigenvalue weighted by atomic mass is 79.9. The average Bonchev–Trinajstić information content (AvgIpc) is 2.44. The van der Waals surface area contributed by atoms with Gasteiger partial charge in [-0.1, -0.05) is 6.07 Å². The van der Waals surface area contributed by atoms with Crippen LogP contribution in [-0.2, 0) is 11.8 Å². The summed E-state index contributed by atoms with van der Waals surface area (Å²) in [6.45, 7) is 1.26. The Morgan fingerprint density at radius 2 is 2.00 bits per heavy atom. The Kier molecular flexibility index (Phi) is 4.23. The number of aryl methyl sites for hydroxylation is 1. The van der Waals surface area contributed by atoms with Crippen LogP contribution < -0.4 is 10.9 Å². The van der Waals surface area contributed by atoms with Gasteiger partial charge in [0.15, 0.2) is 0 Å². The van der Waals surface area contributed by atoms with Crippen molar-refractivity contribution in [3.63, 3.8) is 0 Å². The maximum absolute atomic E-state index is 12.3. The van der Waals surface area contributed by atoms with Gasteiger partial charge in [0.2, 0.25) is 0 Å². The zero-order chi connectivity index (χ0) is 16.6. The smallest absolute Gasteiger partial charge is 0.325 e. The summed E-state index contributed by atoms with van der Waals surface area (Å²) < 4.78 is 1.73. The van der Waals surface area contributed by atoms with Crippen molar-refractivity contribution in [3.8, 4) is 5.75 Å². The first-order valence-corrected chi connectivity index (χ1v) is 7.08. The second-order valence-electron chi connectivity index (χ2n) is 4.76. The van der Waals surface area contributed by atoms with Gasteiger partial charge in [-0.3, -0.25) is 14.4 Å². The summed E-state index contributed by atoms with van der Waals surface area (Å²) in [4.78, 5) is 35.2. The number of amides is 1. The fraction of sp³-hybridized carbons (Fsp3) is 0.214. The first-order valence-electron chi connectivity index (χ1n) is 6.29. The summed E-state index contributed by atoms with van der Waals surface area (Å²) in [5.74, 6) is -2.67. The van der Waals surface area contributed by atoms with Crippen molar-refractivity contribution < 1.29 is 19.8 Å². The molecule has 2 rings (SSSR count). The van der Waals surface area contributed by atoms with Gasteiger partial charge in [0.25, 0.3) is 11.5 Å². The molecule has 1 amide bonds. The van der Waals surface area contributed by atoms with Crippen molar-refractivity contribution in [2.45, 2.75) is 13.0 Å². The standard InChI is InChI=1S/C14H13BrN2O5/c1-6(14(21)22)16-12(19)10-11(18)9-7(15)4-3-5-8(9)17(2)13(10)20/h3-6,18H,1-2H3,(H,16,19)(H,21,22). The minimum absolute atomic E-state index is 0.303. The summed E-state index contributed by atoms with van der Waals surface area (Å²) in [5, 5.41) is 21.6. The quantitative estimate of drug-likeness (QED) is 0.754. The SMILES string of the molecule is CC(NC(=O)c1c(O)c2c(Br)cccc2n(C)c1=O)C(=O)O. The van der Waals surface area contributed by atoms with Crippen LogP contribution in [0.15, 0.2) is 27.5 Å². The van der Waals surface area contributed by atoms with Crippen molar-refractivity contribution in [1.29, 1.82) is 0 Å².